The second-order valence-electron chi connectivity index (χ2n) is 6.08. The average molecular weight is 425 g/mol. The van der Waals surface area contributed by atoms with Crippen LogP contribution in [0.15, 0.2) is 45.3 Å². The van der Waals surface area contributed by atoms with Crippen molar-refractivity contribution in [3.05, 3.63) is 45.3 Å². The Hall–Kier alpha value is -1.33. The molecule has 0 fully saturated rings. The summed E-state index contributed by atoms with van der Waals surface area (Å²) in [5.41, 5.74) is 1.11. The Kier molecular flexibility index (Phi) is 3.81. The quantitative estimate of drug-likeness (QED) is 0.436. The Morgan fingerprint density at radius 1 is 0.955 bits per heavy atom. The van der Waals surface area contributed by atoms with Crippen molar-refractivity contribution in [2.45, 2.75) is 26.4 Å². The summed E-state index contributed by atoms with van der Waals surface area (Å²) >= 11 is 7.18. The third kappa shape index (κ3) is 2.57. The molecule has 0 aliphatic heterocycles. The molecule has 3 rings (SSSR count). The van der Waals surface area contributed by atoms with Crippen LogP contribution in [0.25, 0.3) is 21.8 Å². The molecule has 0 saturated heterocycles. The SMILES string of the molecule is CC(C)(C)OC(=O)n1c2cccc(Br)c2c2c(Br)cccc21. The Balaban J connectivity index is 2.40. The molecule has 0 radical (unpaired) electrons. The van der Waals surface area contributed by atoms with Crippen LogP contribution >= 0.6 is 31.9 Å². The second kappa shape index (κ2) is 5.39. The van der Waals surface area contributed by atoms with Gasteiger partial charge in [0.2, 0.25) is 0 Å². The lowest BCUT2D eigenvalue weighted by Gasteiger charge is -2.20. The minimum atomic E-state index is -0.544. The summed E-state index contributed by atoms with van der Waals surface area (Å²) in [5.74, 6) is 0. The van der Waals surface area contributed by atoms with Gasteiger partial charge in [0, 0.05) is 19.7 Å². The number of carbonyl (C=O) groups is 1. The summed E-state index contributed by atoms with van der Waals surface area (Å²) < 4.78 is 9.10. The molecule has 3 nitrogen and oxygen atoms in total. The van der Waals surface area contributed by atoms with E-state index in [0.717, 1.165) is 30.8 Å². The average Bonchev–Trinajstić information content (AvgIpc) is 2.73. The van der Waals surface area contributed by atoms with Crippen molar-refractivity contribution in [1.29, 1.82) is 0 Å². The Morgan fingerprint density at radius 2 is 1.41 bits per heavy atom. The zero-order valence-electron chi connectivity index (χ0n) is 12.5. The van der Waals surface area contributed by atoms with Crippen molar-refractivity contribution in [3.63, 3.8) is 0 Å². The number of aromatic nitrogens is 1. The first-order valence-electron chi connectivity index (χ1n) is 6.90. The molecule has 5 heteroatoms. The van der Waals surface area contributed by atoms with Crippen molar-refractivity contribution >= 4 is 59.8 Å². The van der Waals surface area contributed by atoms with E-state index in [4.69, 9.17) is 4.74 Å². The lowest BCUT2D eigenvalue weighted by Crippen LogP contribution is -2.27. The van der Waals surface area contributed by atoms with Gasteiger partial charge in [-0.1, -0.05) is 44.0 Å². The lowest BCUT2D eigenvalue weighted by atomic mass is 10.1. The number of benzene rings is 2. The van der Waals surface area contributed by atoms with E-state index in [9.17, 15) is 4.79 Å². The van der Waals surface area contributed by atoms with Crippen molar-refractivity contribution in [3.8, 4) is 0 Å². The zero-order chi connectivity index (χ0) is 16.1. The standard InChI is InChI=1S/C17H15Br2NO2/c1-17(2,3)22-16(21)20-12-8-4-6-10(18)14(12)15-11(19)7-5-9-13(15)20/h4-9H,1-3H3. The van der Waals surface area contributed by atoms with Gasteiger partial charge in [-0.3, -0.25) is 0 Å². The highest BCUT2D eigenvalue weighted by atomic mass is 79.9. The largest absolute Gasteiger partial charge is 0.443 e. The fraction of sp³-hybridized carbons (Fsp3) is 0.235. The molecule has 1 aromatic heterocycles. The molecule has 114 valence electrons. The predicted octanol–water partition coefficient (Wildman–Crippen LogP) is 6.10. The van der Waals surface area contributed by atoms with Crippen molar-refractivity contribution in [2.75, 3.05) is 0 Å². The van der Waals surface area contributed by atoms with Gasteiger partial charge < -0.3 is 4.74 Å². The summed E-state index contributed by atoms with van der Waals surface area (Å²) in [6.07, 6.45) is -0.372. The summed E-state index contributed by atoms with van der Waals surface area (Å²) in [6.45, 7) is 5.60. The maximum absolute atomic E-state index is 12.7. The molecule has 3 aromatic rings. The van der Waals surface area contributed by atoms with Crippen molar-refractivity contribution < 1.29 is 9.53 Å². The van der Waals surface area contributed by atoms with Gasteiger partial charge in [0.25, 0.3) is 0 Å². The highest BCUT2D eigenvalue weighted by Gasteiger charge is 2.23. The molecule has 0 bridgehead atoms. The monoisotopic (exact) mass is 423 g/mol. The number of halogens is 2. The second-order valence-corrected chi connectivity index (χ2v) is 7.79. The molecular formula is C17H15Br2NO2. The molecule has 0 saturated carbocycles. The summed E-state index contributed by atoms with van der Waals surface area (Å²) in [6, 6.07) is 11.6. The van der Waals surface area contributed by atoms with E-state index in [1.165, 1.54) is 0 Å². The van der Waals surface area contributed by atoms with E-state index < -0.39 is 5.60 Å². The van der Waals surface area contributed by atoms with Crippen LogP contribution in [0.4, 0.5) is 4.79 Å². The van der Waals surface area contributed by atoms with E-state index in [1.54, 1.807) is 4.57 Å². The van der Waals surface area contributed by atoms with Crippen LogP contribution in [0, 0.1) is 0 Å². The smallest absolute Gasteiger partial charge is 0.419 e. The molecule has 0 aliphatic carbocycles. The van der Waals surface area contributed by atoms with Gasteiger partial charge in [0.05, 0.1) is 11.0 Å². The van der Waals surface area contributed by atoms with E-state index >= 15 is 0 Å². The number of hydrogen-bond acceptors (Lipinski definition) is 2. The van der Waals surface area contributed by atoms with Crippen molar-refractivity contribution in [2.24, 2.45) is 0 Å². The number of carbonyl (C=O) groups excluding carboxylic acids is 1. The normalized spacial score (nSPS) is 12.0. The zero-order valence-corrected chi connectivity index (χ0v) is 15.7. The van der Waals surface area contributed by atoms with Gasteiger partial charge in [-0.05, 0) is 45.0 Å². The molecular weight excluding hydrogens is 410 g/mol. The summed E-state index contributed by atoms with van der Waals surface area (Å²) in [5, 5.41) is 1.99. The van der Waals surface area contributed by atoms with Crippen LogP contribution in [0.1, 0.15) is 20.8 Å². The molecule has 0 unspecified atom stereocenters. The summed E-state index contributed by atoms with van der Waals surface area (Å²) in [4.78, 5) is 12.7. The van der Waals surface area contributed by atoms with Gasteiger partial charge >= 0.3 is 6.09 Å². The van der Waals surface area contributed by atoms with Crippen LogP contribution in [-0.2, 0) is 4.74 Å². The van der Waals surface area contributed by atoms with E-state index in [0.29, 0.717) is 0 Å². The number of hydrogen-bond donors (Lipinski definition) is 0. The Labute approximate surface area is 145 Å². The van der Waals surface area contributed by atoms with Gasteiger partial charge in [0.1, 0.15) is 5.60 Å². The van der Waals surface area contributed by atoms with Gasteiger partial charge in [-0.15, -0.1) is 0 Å². The molecule has 2 aromatic carbocycles. The minimum Gasteiger partial charge on any atom is -0.443 e. The molecule has 0 N–H and O–H groups in total. The first kappa shape index (κ1) is 15.6. The van der Waals surface area contributed by atoms with Crippen LogP contribution in [-0.4, -0.2) is 16.3 Å². The third-order valence-corrected chi connectivity index (χ3v) is 4.61. The molecule has 22 heavy (non-hydrogen) atoms. The van der Waals surface area contributed by atoms with Gasteiger partial charge in [-0.25, -0.2) is 9.36 Å². The van der Waals surface area contributed by atoms with E-state index in [1.807, 2.05) is 57.2 Å². The number of nitrogens with zero attached hydrogens (tertiary/aromatic N) is 1. The van der Waals surface area contributed by atoms with Gasteiger partial charge in [0.15, 0.2) is 0 Å². The number of fused-ring (bicyclic) bond motifs is 3. The maximum atomic E-state index is 12.7. The predicted molar refractivity (Wildman–Crippen MR) is 96.5 cm³/mol. The highest BCUT2D eigenvalue weighted by Crippen LogP contribution is 2.38. The minimum absolute atomic E-state index is 0.372. The maximum Gasteiger partial charge on any atom is 0.419 e. The van der Waals surface area contributed by atoms with Crippen LogP contribution in [0.3, 0.4) is 0 Å². The number of ether oxygens (including phenoxy) is 1. The highest BCUT2D eigenvalue weighted by molar-refractivity contribution is 9.11. The Morgan fingerprint density at radius 3 is 1.82 bits per heavy atom. The van der Waals surface area contributed by atoms with Crippen LogP contribution in [0.2, 0.25) is 0 Å². The van der Waals surface area contributed by atoms with Gasteiger partial charge in [-0.2, -0.15) is 0 Å². The fourth-order valence-corrected chi connectivity index (χ4v) is 3.64. The first-order valence-corrected chi connectivity index (χ1v) is 8.49. The fourth-order valence-electron chi connectivity index (χ4n) is 2.53. The third-order valence-electron chi connectivity index (χ3n) is 3.29. The Bertz CT molecular complexity index is 832. The molecule has 0 amide bonds. The van der Waals surface area contributed by atoms with Crippen LogP contribution in [0.5, 0.6) is 0 Å². The first-order chi connectivity index (χ1) is 10.3. The number of rotatable bonds is 0. The molecule has 0 atom stereocenters. The molecule has 0 aliphatic rings. The molecule has 1 heterocycles. The van der Waals surface area contributed by atoms with E-state index in [2.05, 4.69) is 31.9 Å². The van der Waals surface area contributed by atoms with Crippen LogP contribution < -0.4 is 0 Å². The van der Waals surface area contributed by atoms with E-state index in [-0.39, 0.29) is 6.09 Å². The molecule has 0 spiro atoms. The van der Waals surface area contributed by atoms with Crippen molar-refractivity contribution in [1.82, 2.24) is 4.57 Å². The topological polar surface area (TPSA) is 31.2 Å². The summed E-state index contributed by atoms with van der Waals surface area (Å²) in [7, 11) is 0. The lowest BCUT2D eigenvalue weighted by molar-refractivity contribution is 0.0551.